The molecule has 1 amide bonds. The molecule has 0 aromatic carbocycles. The first kappa shape index (κ1) is 8.45. The molecule has 0 spiro atoms. The summed E-state index contributed by atoms with van der Waals surface area (Å²) in [4.78, 5) is 14.5. The van der Waals surface area contributed by atoms with Crippen LogP contribution in [0.3, 0.4) is 0 Å². The van der Waals surface area contributed by atoms with Gasteiger partial charge in [0.1, 0.15) is 5.69 Å². The summed E-state index contributed by atoms with van der Waals surface area (Å²) < 4.78 is 12.5. The molecule has 0 aliphatic heterocycles. The number of aromatic nitrogens is 1. The molecule has 1 aromatic heterocycles. The van der Waals surface area contributed by atoms with Crippen molar-refractivity contribution in [2.75, 3.05) is 12.8 Å². The van der Waals surface area contributed by atoms with Gasteiger partial charge in [-0.2, -0.15) is 0 Å². The predicted octanol–water partition coefficient (Wildman–Crippen LogP) is 0.162. The Hall–Kier alpha value is -1.65. The Morgan fingerprint density at radius 3 is 2.92 bits per heavy atom. The Morgan fingerprint density at radius 2 is 2.42 bits per heavy atom. The largest absolute Gasteiger partial charge is 0.396 e. The number of nitrogens with one attached hydrogen (secondary N) is 1. The van der Waals surface area contributed by atoms with Crippen molar-refractivity contribution in [1.29, 1.82) is 0 Å². The standard InChI is InChI=1S/C7H8FN3O/c1-10-7(12)6-2-5(9)4(8)3-11-6/h2-3H,1H3,(H2,9,11)(H,10,12). The Kier molecular flexibility index (Phi) is 2.23. The maximum atomic E-state index is 12.5. The molecule has 12 heavy (non-hydrogen) atoms. The summed E-state index contributed by atoms with van der Waals surface area (Å²) >= 11 is 0. The normalized spacial score (nSPS) is 9.50. The summed E-state index contributed by atoms with van der Waals surface area (Å²) in [5.74, 6) is -1.01. The second-order valence-electron chi connectivity index (χ2n) is 2.17. The molecule has 5 heteroatoms. The topological polar surface area (TPSA) is 68.0 Å². The Balaban J connectivity index is 3.05. The van der Waals surface area contributed by atoms with Crippen molar-refractivity contribution >= 4 is 11.6 Å². The first-order valence-corrected chi connectivity index (χ1v) is 3.28. The summed E-state index contributed by atoms with van der Waals surface area (Å²) in [6.45, 7) is 0. The number of anilines is 1. The lowest BCUT2D eigenvalue weighted by Gasteiger charge is -1.99. The highest BCUT2D eigenvalue weighted by molar-refractivity contribution is 5.92. The monoisotopic (exact) mass is 169 g/mol. The summed E-state index contributed by atoms with van der Waals surface area (Å²) in [7, 11) is 1.46. The molecule has 0 radical (unpaired) electrons. The third kappa shape index (κ3) is 1.50. The summed E-state index contributed by atoms with van der Waals surface area (Å²) in [5, 5.41) is 2.35. The van der Waals surface area contributed by atoms with Crippen LogP contribution in [-0.4, -0.2) is 17.9 Å². The molecule has 0 aliphatic rings. The van der Waals surface area contributed by atoms with E-state index in [1.54, 1.807) is 0 Å². The number of nitrogens with zero attached hydrogens (tertiary/aromatic N) is 1. The summed E-state index contributed by atoms with van der Waals surface area (Å²) in [6, 6.07) is 1.19. The first-order chi connectivity index (χ1) is 5.65. The summed E-state index contributed by atoms with van der Waals surface area (Å²) in [5.41, 5.74) is 5.25. The van der Waals surface area contributed by atoms with Crippen molar-refractivity contribution in [2.45, 2.75) is 0 Å². The smallest absolute Gasteiger partial charge is 0.269 e. The SMILES string of the molecule is CNC(=O)c1cc(N)c(F)cn1. The fourth-order valence-corrected chi connectivity index (χ4v) is 0.707. The highest BCUT2D eigenvalue weighted by Gasteiger charge is 2.06. The van der Waals surface area contributed by atoms with Gasteiger partial charge in [0.15, 0.2) is 5.82 Å². The molecular weight excluding hydrogens is 161 g/mol. The molecular formula is C7H8FN3O. The van der Waals surface area contributed by atoms with Gasteiger partial charge in [-0.1, -0.05) is 0 Å². The predicted molar refractivity (Wildman–Crippen MR) is 42.0 cm³/mol. The van der Waals surface area contributed by atoms with Crippen LogP contribution < -0.4 is 11.1 Å². The van der Waals surface area contributed by atoms with E-state index in [-0.39, 0.29) is 17.3 Å². The number of nitrogens with two attached hydrogens (primary N) is 1. The fraction of sp³-hybridized carbons (Fsp3) is 0.143. The van der Waals surface area contributed by atoms with Crippen LogP contribution in [0.15, 0.2) is 12.3 Å². The molecule has 1 heterocycles. The molecule has 0 atom stereocenters. The second-order valence-corrected chi connectivity index (χ2v) is 2.17. The van der Waals surface area contributed by atoms with Gasteiger partial charge < -0.3 is 11.1 Å². The van der Waals surface area contributed by atoms with Gasteiger partial charge in [-0.25, -0.2) is 9.37 Å². The van der Waals surface area contributed by atoms with Crippen molar-refractivity contribution in [2.24, 2.45) is 0 Å². The first-order valence-electron chi connectivity index (χ1n) is 3.28. The molecule has 3 N–H and O–H groups in total. The van der Waals surface area contributed by atoms with Crippen molar-refractivity contribution < 1.29 is 9.18 Å². The lowest BCUT2D eigenvalue weighted by molar-refractivity contribution is 0.0958. The number of hydrogen-bond donors (Lipinski definition) is 2. The molecule has 0 fully saturated rings. The Morgan fingerprint density at radius 1 is 1.75 bits per heavy atom. The van der Waals surface area contributed by atoms with Gasteiger partial charge in [0.25, 0.3) is 5.91 Å². The maximum absolute atomic E-state index is 12.5. The van der Waals surface area contributed by atoms with Gasteiger partial charge in [-0.15, -0.1) is 0 Å². The minimum atomic E-state index is -0.623. The van der Waals surface area contributed by atoms with E-state index in [2.05, 4.69) is 10.3 Å². The Bertz CT molecular complexity index is 314. The van der Waals surface area contributed by atoms with Crippen LogP contribution in [0.1, 0.15) is 10.5 Å². The van der Waals surface area contributed by atoms with E-state index in [0.29, 0.717) is 0 Å². The molecule has 0 unspecified atom stereocenters. The van der Waals surface area contributed by atoms with E-state index < -0.39 is 5.82 Å². The van der Waals surface area contributed by atoms with Crippen LogP contribution >= 0.6 is 0 Å². The highest BCUT2D eigenvalue weighted by Crippen LogP contribution is 2.08. The third-order valence-corrected chi connectivity index (χ3v) is 1.34. The van der Waals surface area contributed by atoms with Crippen LogP contribution in [-0.2, 0) is 0 Å². The minimum Gasteiger partial charge on any atom is -0.396 e. The number of amides is 1. The highest BCUT2D eigenvalue weighted by atomic mass is 19.1. The number of pyridine rings is 1. The van der Waals surface area contributed by atoms with Gasteiger partial charge in [-0.3, -0.25) is 4.79 Å². The van der Waals surface area contributed by atoms with Gasteiger partial charge in [-0.05, 0) is 6.07 Å². The lowest BCUT2D eigenvalue weighted by Crippen LogP contribution is -2.19. The van der Waals surface area contributed by atoms with E-state index in [1.165, 1.54) is 13.1 Å². The molecule has 1 rings (SSSR count). The number of carbonyl (C=O) groups excluding carboxylic acids is 1. The van der Waals surface area contributed by atoms with E-state index in [1.807, 2.05) is 0 Å². The second kappa shape index (κ2) is 3.17. The van der Waals surface area contributed by atoms with Gasteiger partial charge in [0, 0.05) is 7.05 Å². The number of nitrogen functional groups attached to an aromatic ring is 1. The minimum absolute atomic E-state index is 0.0800. The van der Waals surface area contributed by atoms with Crippen LogP contribution in [0.4, 0.5) is 10.1 Å². The fourth-order valence-electron chi connectivity index (χ4n) is 0.707. The zero-order valence-corrected chi connectivity index (χ0v) is 6.47. The zero-order valence-electron chi connectivity index (χ0n) is 6.47. The van der Waals surface area contributed by atoms with Crippen LogP contribution in [0.5, 0.6) is 0 Å². The number of hydrogen-bond acceptors (Lipinski definition) is 3. The van der Waals surface area contributed by atoms with Gasteiger partial charge >= 0.3 is 0 Å². The van der Waals surface area contributed by atoms with Gasteiger partial charge in [0.05, 0.1) is 11.9 Å². The molecule has 0 saturated carbocycles. The third-order valence-electron chi connectivity index (χ3n) is 1.34. The molecule has 0 bridgehead atoms. The van der Waals surface area contributed by atoms with Gasteiger partial charge in [0.2, 0.25) is 0 Å². The number of halogens is 1. The van der Waals surface area contributed by atoms with E-state index in [0.717, 1.165) is 6.20 Å². The van der Waals surface area contributed by atoms with E-state index in [9.17, 15) is 9.18 Å². The van der Waals surface area contributed by atoms with Crippen molar-refractivity contribution in [3.8, 4) is 0 Å². The van der Waals surface area contributed by atoms with Crippen molar-refractivity contribution in [3.05, 3.63) is 23.8 Å². The molecule has 64 valence electrons. The molecule has 0 saturated heterocycles. The van der Waals surface area contributed by atoms with Crippen molar-refractivity contribution in [3.63, 3.8) is 0 Å². The quantitative estimate of drug-likeness (QED) is 0.629. The Labute approximate surface area is 68.6 Å². The lowest BCUT2D eigenvalue weighted by atomic mass is 10.3. The number of carbonyl (C=O) groups is 1. The number of rotatable bonds is 1. The zero-order chi connectivity index (χ0) is 9.14. The average molecular weight is 169 g/mol. The molecule has 0 aliphatic carbocycles. The van der Waals surface area contributed by atoms with Crippen LogP contribution in [0.25, 0.3) is 0 Å². The van der Waals surface area contributed by atoms with Crippen LogP contribution in [0, 0.1) is 5.82 Å². The van der Waals surface area contributed by atoms with E-state index in [4.69, 9.17) is 5.73 Å². The van der Waals surface area contributed by atoms with E-state index >= 15 is 0 Å². The van der Waals surface area contributed by atoms with Crippen molar-refractivity contribution in [1.82, 2.24) is 10.3 Å². The van der Waals surface area contributed by atoms with Crippen LogP contribution in [0.2, 0.25) is 0 Å². The molecule has 4 nitrogen and oxygen atoms in total. The average Bonchev–Trinajstić information content (AvgIpc) is 2.08. The summed E-state index contributed by atoms with van der Waals surface area (Å²) in [6.07, 6.45) is 0.917. The maximum Gasteiger partial charge on any atom is 0.269 e. The molecule has 1 aromatic rings.